The van der Waals surface area contributed by atoms with Crippen molar-refractivity contribution in [3.63, 3.8) is 0 Å². The molecule has 0 unspecified atom stereocenters. The van der Waals surface area contributed by atoms with Gasteiger partial charge in [0.15, 0.2) is 0 Å². The number of imide groups is 1. The maximum absolute atomic E-state index is 14.0. The Labute approximate surface area is 208 Å². The number of anilines is 1. The third-order valence-corrected chi connectivity index (χ3v) is 8.38. The predicted molar refractivity (Wildman–Crippen MR) is 140 cm³/mol. The van der Waals surface area contributed by atoms with Crippen LogP contribution < -0.4 is 4.90 Å². The lowest BCUT2D eigenvalue weighted by Gasteiger charge is -2.47. The predicted octanol–water partition coefficient (Wildman–Crippen LogP) is 6.68. The fraction of sp³-hybridized carbons (Fsp3) is 0.375. The van der Waals surface area contributed by atoms with E-state index in [2.05, 4.69) is 77.9 Å². The molecule has 4 atom stereocenters. The molecule has 7 rings (SSSR count). The van der Waals surface area contributed by atoms with Crippen LogP contribution in [0.4, 0.5) is 5.69 Å². The molecule has 0 aromatic heterocycles. The molecule has 3 aliphatic carbocycles. The summed E-state index contributed by atoms with van der Waals surface area (Å²) in [6.45, 7) is 13.4. The van der Waals surface area contributed by atoms with Crippen molar-refractivity contribution in [2.45, 2.75) is 64.2 Å². The summed E-state index contributed by atoms with van der Waals surface area (Å²) >= 11 is 0. The van der Waals surface area contributed by atoms with E-state index in [1.807, 2.05) is 30.3 Å². The molecular weight excluding hydrogens is 430 g/mol. The highest BCUT2D eigenvalue weighted by Gasteiger charge is 2.62. The molecule has 1 aliphatic heterocycles. The van der Waals surface area contributed by atoms with E-state index in [4.69, 9.17) is 0 Å². The molecule has 0 N–H and O–H groups in total. The molecule has 35 heavy (non-hydrogen) atoms. The topological polar surface area (TPSA) is 37.4 Å². The number of benzene rings is 3. The number of nitrogens with zero attached hydrogens (tertiary/aromatic N) is 1. The van der Waals surface area contributed by atoms with Crippen molar-refractivity contribution in [1.82, 2.24) is 0 Å². The van der Waals surface area contributed by atoms with Crippen molar-refractivity contribution in [2.24, 2.45) is 11.8 Å². The second-order valence-corrected chi connectivity index (χ2v) is 12.5. The minimum absolute atomic E-state index is 0.00955. The molecule has 4 aliphatic rings. The highest BCUT2D eigenvalue weighted by molar-refractivity contribution is 6.23. The Bertz CT molecular complexity index is 1290. The van der Waals surface area contributed by atoms with E-state index in [1.165, 1.54) is 38.3 Å². The maximum Gasteiger partial charge on any atom is 0.238 e. The number of hydrogen-bond acceptors (Lipinski definition) is 2. The minimum atomic E-state index is -0.358. The van der Waals surface area contributed by atoms with Gasteiger partial charge in [-0.15, -0.1) is 0 Å². The molecule has 0 saturated carbocycles. The van der Waals surface area contributed by atoms with Crippen molar-refractivity contribution >= 4 is 17.5 Å². The Morgan fingerprint density at radius 2 is 1.00 bits per heavy atom. The Balaban J connectivity index is 1.59. The molecule has 0 spiro atoms. The first-order chi connectivity index (χ1) is 16.5. The SMILES string of the molecule is CC(C)(C)c1ccc2c(c1)[C@H]1c3ccc(C(C)(C)C)cc3[C@H]2[C@@H]2C(=O)N(c3ccccc3)C(=O)[C@H]12. The van der Waals surface area contributed by atoms with Crippen LogP contribution in [-0.4, -0.2) is 11.8 Å². The monoisotopic (exact) mass is 463 g/mol. The first kappa shape index (κ1) is 22.3. The van der Waals surface area contributed by atoms with Crippen molar-refractivity contribution < 1.29 is 9.59 Å². The molecule has 0 radical (unpaired) electrons. The molecule has 3 nitrogen and oxygen atoms in total. The summed E-state index contributed by atoms with van der Waals surface area (Å²) in [5.74, 6) is -1.03. The second kappa shape index (κ2) is 7.16. The third-order valence-electron chi connectivity index (χ3n) is 8.38. The Hall–Kier alpha value is -3.20. The third kappa shape index (κ3) is 3.10. The highest BCUT2D eigenvalue weighted by Crippen LogP contribution is 2.62. The lowest BCUT2D eigenvalue weighted by atomic mass is 9.54. The summed E-state index contributed by atoms with van der Waals surface area (Å²) in [5.41, 5.74) is 8.14. The van der Waals surface area contributed by atoms with Crippen molar-refractivity contribution in [2.75, 3.05) is 4.90 Å². The standard InChI is InChI=1S/C32H33NO2/c1-31(2,3)18-12-14-21-23(16-18)25-22-15-13-19(32(4,5)6)17-24(22)26(21)28-27(25)29(34)33(30(28)35)20-10-8-7-9-11-20/h7-17,25-28H,1-6H3/t25-,26+,27-,28+. The number of para-hydroxylation sites is 1. The fourth-order valence-electron chi connectivity index (χ4n) is 6.54. The second-order valence-electron chi connectivity index (χ2n) is 12.5. The largest absolute Gasteiger partial charge is 0.274 e. The Kier molecular flexibility index (Phi) is 4.56. The molecule has 1 saturated heterocycles. The lowest BCUT2D eigenvalue weighted by Crippen LogP contribution is -2.42. The van der Waals surface area contributed by atoms with Gasteiger partial charge in [0, 0.05) is 11.8 Å². The number of carbonyl (C=O) groups is 2. The number of rotatable bonds is 1. The van der Waals surface area contributed by atoms with Crippen LogP contribution in [0, 0.1) is 11.8 Å². The van der Waals surface area contributed by atoms with E-state index in [0.717, 1.165) is 0 Å². The van der Waals surface area contributed by atoms with Crippen LogP contribution >= 0.6 is 0 Å². The Morgan fingerprint density at radius 3 is 1.40 bits per heavy atom. The summed E-state index contributed by atoms with van der Waals surface area (Å²) in [4.78, 5) is 29.4. The van der Waals surface area contributed by atoms with E-state index < -0.39 is 0 Å². The summed E-state index contributed by atoms with van der Waals surface area (Å²) < 4.78 is 0. The maximum atomic E-state index is 14.0. The zero-order valence-corrected chi connectivity index (χ0v) is 21.4. The van der Waals surface area contributed by atoms with Crippen LogP contribution in [0.3, 0.4) is 0 Å². The van der Waals surface area contributed by atoms with Crippen LogP contribution in [0.1, 0.15) is 86.8 Å². The molecular formula is C32H33NO2. The summed E-state index contributed by atoms with van der Waals surface area (Å²) in [5, 5.41) is 0. The molecule has 3 heteroatoms. The van der Waals surface area contributed by atoms with Gasteiger partial charge in [0.1, 0.15) is 0 Å². The molecule has 1 fully saturated rings. The van der Waals surface area contributed by atoms with Crippen molar-refractivity contribution in [3.05, 3.63) is 100 Å². The number of carbonyl (C=O) groups excluding carboxylic acids is 2. The average molecular weight is 464 g/mol. The van der Waals surface area contributed by atoms with Gasteiger partial charge in [-0.3, -0.25) is 9.59 Å². The van der Waals surface area contributed by atoms with E-state index in [9.17, 15) is 9.59 Å². The average Bonchev–Trinajstić information content (AvgIpc) is 3.08. The van der Waals surface area contributed by atoms with Gasteiger partial charge in [0.05, 0.1) is 17.5 Å². The lowest BCUT2D eigenvalue weighted by molar-refractivity contribution is -0.122. The fourth-order valence-corrected chi connectivity index (χ4v) is 6.54. The van der Waals surface area contributed by atoms with Gasteiger partial charge in [0.2, 0.25) is 11.8 Å². The highest BCUT2D eigenvalue weighted by atomic mass is 16.2. The molecule has 178 valence electrons. The van der Waals surface area contributed by atoms with E-state index in [-0.39, 0.29) is 46.3 Å². The Morgan fingerprint density at radius 1 is 0.571 bits per heavy atom. The molecule has 3 aromatic carbocycles. The van der Waals surface area contributed by atoms with Crippen molar-refractivity contribution in [3.8, 4) is 0 Å². The smallest absolute Gasteiger partial charge is 0.238 e. The first-order valence-electron chi connectivity index (χ1n) is 12.7. The van der Waals surface area contributed by atoms with Crippen LogP contribution in [0.15, 0.2) is 66.7 Å². The van der Waals surface area contributed by atoms with Gasteiger partial charge in [-0.1, -0.05) is 96.1 Å². The number of amides is 2. The van der Waals surface area contributed by atoms with Crippen LogP contribution in [0.2, 0.25) is 0 Å². The first-order valence-corrected chi connectivity index (χ1v) is 12.7. The quantitative estimate of drug-likeness (QED) is 0.378. The molecule has 3 aromatic rings. The van der Waals surface area contributed by atoms with Crippen LogP contribution in [-0.2, 0) is 20.4 Å². The molecule has 2 amide bonds. The van der Waals surface area contributed by atoms with Gasteiger partial charge in [-0.2, -0.15) is 0 Å². The zero-order chi connectivity index (χ0) is 24.9. The van der Waals surface area contributed by atoms with E-state index in [1.54, 1.807) is 0 Å². The van der Waals surface area contributed by atoms with Gasteiger partial charge >= 0.3 is 0 Å². The van der Waals surface area contributed by atoms with Gasteiger partial charge < -0.3 is 0 Å². The molecule has 2 bridgehead atoms. The van der Waals surface area contributed by atoms with Crippen molar-refractivity contribution in [1.29, 1.82) is 0 Å². The van der Waals surface area contributed by atoms with E-state index in [0.29, 0.717) is 5.69 Å². The number of hydrogen-bond donors (Lipinski definition) is 0. The zero-order valence-electron chi connectivity index (χ0n) is 21.4. The normalized spacial score (nSPS) is 24.9. The summed E-state index contributed by atoms with van der Waals surface area (Å²) in [7, 11) is 0. The van der Waals surface area contributed by atoms with Gasteiger partial charge in [0.25, 0.3) is 0 Å². The van der Waals surface area contributed by atoms with Crippen LogP contribution in [0.25, 0.3) is 0 Å². The van der Waals surface area contributed by atoms with E-state index >= 15 is 0 Å². The van der Waals surface area contributed by atoms with Gasteiger partial charge in [-0.05, 0) is 56.3 Å². The summed E-state index contributed by atoms with van der Waals surface area (Å²) in [6, 6.07) is 23.0. The minimum Gasteiger partial charge on any atom is -0.274 e. The van der Waals surface area contributed by atoms with Gasteiger partial charge in [-0.25, -0.2) is 4.90 Å². The molecule has 1 heterocycles. The summed E-state index contributed by atoms with van der Waals surface area (Å²) in [6.07, 6.45) is 0. The van der Waals surface area contributed by atoms with Crippen LogP contribution in [0.5, 0.6) is 0 Å².